The summed E-state index contributed by atoms with van der Waals surface area (Å²) < 4.78 is 25.8. The average molecular weight is 458 g/mol. The van der Waals surface area contributed by atoms with Gasteiger partial charge in [0.05, 0.1) is 10.8 Å². The van der Waals surface area contributed by atoms with Gasteiger partial charge in [0.2, 0.25) is 15.9 Å². The fourth-order valence-corrected chi connectivity index (χ4v) is 4.93. The van der Waals surface area contributed by atoms with Gasteiger partial charge in [0.25, 0.3) is 5.91 Å². The number of benzene rings is 2. The molecule has 2 amide bonds. The molecule has 0 saturated carbocycles. The van der Waals surface area contributed by atoms with Crippen molar-refractivity contribution in [1.29, 1.82) is 0 Å². The van der Waals surface area contributed by atoms with E-state index in [2.05, 4.69) is 5.32 Å². The molecule has 172 valence electrons. The Kier molecular flexibility index (Phi) is 7.69. The summed E-state index contributed by atoms with van der Waals surface area (Å²) in [6.07, 6.45) is 2.07. The maximum atomic E-state index is 13.0. The van der Waals surface area contributed by atoms with Gasteiger partial charge in [-0.2, -0.15) is 0 Å². The van der Waals surface area contributed by atoms with E-state index in [0.717, 1.165) is 16.3 Å². The Bertz CT molecular complexity index is 1050. The number of likely N-dealkylation sites (tertiary alicyclic amines) is 1. The summed E-state index contributed by atoms with van der Waals surface area (Å²) in [7, 11) is -0.695. The van der Waals surface area contributed by atoms with E-state index in [-0.39, 0.29) is 28.7 Å². The number of rotatable bonds is 7. The third-order valence-corrected chi connectivity index (χ3v) is 7.74. The molecule has 2 aromatic rings. The van der Waals surface area contributed by atoms with Crippen LogP contribution >= 0.6 is 0 Å². The molecule has 1 fully saturated rings. The molecule has 1 saturated heterocycles. The van der Waals surface area contributed by atoms with Crippen molar-refractivity contribution in [2.24, 2.45) is 0 Å². The summed E-state index contributed by atoms with van der Waals surface area (Å²) in [5.41, 5.74) is 1.34. The molecule has 1 N–H and O–H groups in total. The van der Waals surface area contributed by atoms with Crippen LogP contribution in [-0.2, 0) is 14.8 Å². The summed E-state index contributed by atoms with van der Waals surface area (Å²) in [5.74, 6) is -0.324. The van der Waals surface area contributed by atoms with Crippen molar-refractivity contribution in [3.8, 4) is 0 Å². The standard InChI is InChI=1S/C24H31N3O4S/c1-4-22(18-9-6-5-7-10-18)24(29)27-15-13-20(14-16-27)25-23(28)19-11-8-12-21(17-19)32(30,31)26(2)3/h5-12,17,20,22H,4,13-16H2,1-3H3,(H,25,28). The molecule has 32 heavy (non-hydrogen) atoms. The lowest BCUT2D eigenvalue weighted by Gasteiger charge is -2.34. The van der Waals surface area contributed by atoms with Crippen LogP contribution in [0.1, 0.15) is 48.0 Å². The third-order valence-electron chi connectivity index (χ3n) is 5.92. The SMILES string of the molecule is CCC(C(=O)N1CCC(NC(=O)c2cccc(S(=O)(=O)N(C)C)c2)CC1)c1ccccc1. The van der Waals surface area contributed by atoms with Crippen LogP contribution < -0.4 is 5.32 Å². The maximum Gasteiger partial charge on any atom is 0.251 e. The Morgan fingerprint density at radius 1 is 1.06 bits per heavy atom. The number of carbonyl (C=O) groups is 2. The van der Waals surface area contributed by atoms with Gasteiger partial charge in [-0.25, -0.2) is 12.7 Å². The van der Waals surface area contributed by atoms with Crippen molar-refractivity contribution in [2.45, 2.75) is 43.0 Å². The van der Waals surface area contributed by atoms with Gasteiger partial charge in [0.1, 0.15) is 0 Å². The molecule has 1 aliphatic heterocycles. The summed E-state index contributed by atoms with van der Waals surface area (Å²) in [6, 6.07) is 15.8. The molecule has 2 aromatic carbocycles. The van der Waals surface area contributed by atoms with Gasteiger partial charge in [-0.1, -0.05) is 43.3 Å². The summed E-state index contributed by atoms with van der Waals surface area (Å²) in [6.45, 7) is 3.19. The smallest absolute Gasteiger partial charge is 0.251 e. The van der Waals surface area contributed by atoms with Gasteiger partial charge >= 0.3 is 0 Å². The van der Waals surface area contributed by atoms with Crippen LogP contribution in [0.15, 0.2) is 59.5 Å². The number of sulfonamides is 1. The summed E-state index contributed by atoms with van der Waals surface area (Å²) in [5, 5.41) is 2.99. The Hall–Kier alpha value is -2.71. The number of amides is 2. The molecule has 8 heteroatoms. The minimum absolute atomic E-state index is 0.0579. The molecule has 0 radical (unpaired) electrons. The van der Waals surface area contributed by atoms with Gasteiger partial charge in [-0.3, -0.25) is 9.59 Å². The van der Waals surface area contributed by atoms with Crippen LogP contribution in [-0.4, -0.2) is 62.7 Å². The van der Waals surface area contributed by atoms with Crippen LogP contribution in [0, 0.1) is 0 Å². The van der Waals surface area contributed by atoms with Gasteiger partial charge in [0.15, 0.2) is 0 Å². The molecule has 7 nitrogen and oxygen atoms in total. The van der Waals surface area contributed by atoms with Crippen molar-refractivity contribution in [3.05, 3.63) is 65.7 Å². The maximum absolute atomic E-state index is 13.0. The molecule has 0 spiro atoms. The zero-order chi connectivity index (χ0) is 23.3. The van der Waals surface area contributed by atoms with Crippen LogP contribution in [0.3, 0.4) is 0 Å². The van der Waals surface area contributed by atoms with Gasteiger partial charge in [-0.15, -0.1) is 0 Å². The number of nitrogens with zero attached hydrogens (tertiary/aromatic N) is 2. The minimum atomic E-state index is -3.61. The first-order valence-electron chi connectivity index (χ1n) is 10.9. The van der Waals surface area contributed by atoms with E-state index < -0.39 is 10.0 Å². The lowest BCUT2D eigenvalue weighted by molar-refractivity contribution is -0.134. The summed E-state index contributed by atoms with van der Waals surface area (Å²) in [4.78, 5) is 27.7. The van der Waals surface area contributed by atoms with Crippen molar-refractivity contribution >= 4 is 21.8 Å². The van der Waals surface area contributed by atoms with Crippen LogP contribution in [0.5, 0.6) is 0 Å². The van der Waals surface area contributed by atoms with Crippen molar-refractivity contribution in [1.82, 2.24) is 14.5 Å². The first-order chi connectivity index (χ1) is 15.2. The largest absolute Gasteiger partial charge is 0.349 e. The molecule has 0 aliphatic carbocycles. The second-order valence-corrected chi connectivity index (χ2v) is 10.4. The number of hydrogen-bond acceptors (Lipinski definition) is 4. The lowest BCUT2D eigenvalue weighted by atomic mass is 9.93. The van der Waals surface area contributed by atoms with E-state index >= 15 is 0 Å². The van der Waals surface area contributed by atoms with E-state index in [1.807, 2.05) is 42.2 Å². The second kappa shape index (κ2) is 10.3. The van der Waals surface area contributed by atoms with Crippen molar-refractivity contribution in [3.63, 3.8) is 0 Å². The predicted molar refractivity (Wildman–Crippen MR) is 124 cm³/mol. The lowest BCUT2D eigenvalue weighted by Crippen LogP contribution is -2.47. The average Bonchev–Trinajstić information content (AvgIpc) is 2.80. The van der Waals surface area contributed by atoms with E-state index in [0.29, 0.717) is 31.5 Å². The van der Waals surface area contributed by atoms with Crippen LogP contribution in [0.4, 0.5) is 0 Å². The number of hydrogen-bond donors (Lipinski definition) is 1. The molecule has 0 aromatic heterocycles. The zero-order valence-corrected chi connectivity index (χ0v) is 19.6. The van der Waals surface area contributed by atoms with Crippen LogP contribution in [0.25, 0.3) is 0 Å². The van der Waals surface area contributed by atoms with Gasteiger partial charge in [0, 0.05) is 38.8 Å². The Balaban J connectivity index is 1.59. The van der Waals surface area contributed by atoms with Gasteiger partial charge < -0.3 is 10.2 Å². The molecule has 1 unspecified atom stereocenters. The normalized spacial score (nSPS) is 16.1. The van der Waals surface area contributed by atoms with Crippen molar-refractivity contribution < 1.29 is 18.0 Å². The highest BCUT2D eigenvalue weighted by molar-refractivity contribution is 7.89. The first-order valence-corrected chi connectivity index (χ1v) is 12.3. The van der Waals surface area contributed by atoms with E-state index in [9.17, 15) is 18.0 Å². The molecule has 0 bridgehead atoms. The van der Waals surface area contributed by atoms with E-state index in [1.54, 1.807) is 12.1 Å². The van der Waals surface area contributed by atoms with Crippen molar-refractivity contribution in [2.75, 3.05) is 27.2 Å². The van der Waals surface area contributed by atoms with Crippen LogP contribution in [0.2, 0.25) is 0 Å². The Labute approximate surface area is 190 Å². The number of piperidine rings is 1. The molecule has 1 atom stereocenters. The fourth-order valence-electron chi connectivity index (χ4n) is 3.98. The third kappa shape index (κ3) is 5.37. The molecular weight excluding hydrogens is 426 g/mol. The number of nitrogens with one attached hydrogen (secondary N) is 1. The summed E-state index contributed by atoms with van der Waals surface area (Å²) >= 11 is 0. The molecule has 1 heterocycles. The first kappa shape index (κ1) is 23.9. The van der Waals surface area contributed by atoms with E-state index in [1.165, 1.54) is 26.2 Å². The van der Waals surface area contributed by atoms with Gasteiger partial charge in [-0.05, 0) is 43.0 Å². The predicted octanol–water partition coefficient (Wildman–Crippen LogP) is 2.85. The zero-order valence-electron chi connectivity index (χ0n) is 18.8. The molecule has 1 aliphatic rings. The highest BCUT2D eigenvalue weighted by Crippen LogP contribution is 2.24. The van der Waals surface area contributed by atoms with E-state index in [4.69, 9.17) is 0 Å². The highest BCUT2D eigenvalue weighted by atomic mass is 32.2. The topological polar surface area (TPSA) is 86.8 Å². The number of carbonyl (C=O) groups excluding carboxylic acids is 2. The Morgan fingerprint density at radius 3 is 2.31 bits per heavy atom. The molecule has 3 rings (SSSR count). The fraction of sp³-hybridized carbons (Fsp3) is 0.417. The quantitative estimate of drug-likeness (QED) is 0.693. The highest BCUT2D eigenvalue weighted by Gasteiger charge is 2.29. The minimum Gasteiger partial charge on any atom is -0.349 e. The molecular formula is C24H31N3O4S. The Morgan fingerprint density at radius 2 is 1.72 bits per heavy atom. The second-order valence-electron chi connectivity index (χ2n) is 8.26. The monoisotopic (exact) mass is 457 g/mol.